The Morgan fingerprint density at radius 1 is 1.18 bits per heavy atom. The standard InChI is InChI=1S/C14H20N2O/c1-8(2)11-6-13-12(5-10(11)7-17)15-14(16-13)9(3)4/h5-6,8-9,17H,7H2,1-4H3,(H,15,16). The minimum absolute atomic E-state index is 0.0828. The first-order chi connectivity index (χ1) is 8.02. The molecular formula is C14H20N2O. The van der Waals surface area contributed by atoms with Crippen LogP contribution in [-0.4, -0.2) is 15.1 Å². The second kappa shape index (κ2) is 4.49. The molecule has 1 aromatic carbocycles. The van der Waals surface area contributed by atoms with Crippen LogP contribution in [0.1, 0.15) is 56.5 Å². The Bertz CT molecular complexity index is 526. The lowest BCUT2D eigenvalue weighted by molar-refractivity contribution is 0.280. The Morgan fingerprint density at radius 3 is 2.41 bits per heavy atom. The lowest BCUT2D eigenvalue weighted by Gasteiger charge is -2.10. The van der Waals surface area contributed by atoms with Gasteiger partial charge in [0.2, 0.25) is 0 Å². The summed E-state index contributed by atoms with van der Waals surface area (Å²) in [7, 11) is 0. The molecule has 0 saturated heterocycles. The van der Waals surface area contributed by atoms with E-state index in [1.54, 1.807) is 0 Å². The number of aliphatic hydroxyl groups excluding tert-OH is 1. The van der Waals surface area contributed by atoms with Crippen molar-refractivity contribution >= 4 is 11.0 Å². The fourth-order valence-corrected chi connectivity index (χ4v) is 2.09. The van der Waals surface area contributed by atoms with Crippen LogP contribution in [0.15, 0.2) is 12.1 Å². The summed E-state index contributed by atoms with van der Waals surface area (Å²) in [6.07, 6.45) is 0. The van der Waals surface area contributed by atoms with Gasteiger partial charge in [-0.3, -0.25) is 0 Å². The van der Waals surface area contributed by atoms with Crippen LogP contribution in [0.4, 0.5) is 0 Å². The van der Waals surface area contributed by atoms with Crippen LogP contribution in [-0.2, 0) is 6.61 Å². The molecule has 1 aromatic heterocycles. The molecule has 1 heterocycles. The van der Waals surface area contributed by atoms with Crippen molar-refractivity contribution in [3.63, 3.8) is 0 Å². The predicted molar refractivity (Wildman–Crippen MR) is 70.2 cm³/mol. The molecule has 0 fully saturated rings. The molecule has 0 aliphatic rings. The molecule has 92 valence electrons. The van der Waals surface area contributed by atoms with E-state index < -0.39 is 0 Å². The van der Waals surface area contributed by atoms with Gasteiger partial charge in [-0.1, -0.05) is 27.7 Å². The Balaban J connectivity index is 2.61. The fourth-order valence-electron chi connectivity index (χ4n) is 2.09. The fraction of sp³-hybridized carbons (Fsp3) is 0.500. The number of fused-ring (bicyclic) bond motifs is 1. The monoisotopic (exact) mass is 232 g/mol. The van der Waals surface area contributed by atoms with Gasteiger partial charge in [-0.25, -0.2) is 4.98 Å². The maximum atomic E-state index is 9.41. The third-order valence-corrected chi connectivity index (χ3v) is 3.10. The summed E-state index contributed by atoms with van der Waals surface area (Å²) >= 11 is 0. The van der Waals surface area contributed by atoms with Gasteiger partial charge in [-0.2, -0.15) is 0 Å². The van der Waals surface area contributed by atoms with E-state index in [-0.39, 0.29) is 6.61 Å². The molecule has 0 atom stereocenters. The highest BCUT2D eigenvalue weighted by molar-refractivity contribution is 5.77. The number of nitrogens with one attached hydrogen (secondary N) is 1. The Labute approximate surface area is 102 Å². The number of imidazole rings is 1. The zero-order valence-electron chi connectivity index (χ0n) is 10.9. The Morgan fingerprint density at radius 2 is 1.88 bits per heavy atom. The highest BCUT2D eigenvalue weighted by atomic mass is 16.3. The van der Waals surface area contributed by atoms with Gasteiger partial charge in [0.25, 0.3) is 0 Å². The normalized spacial score (nSPS) is 11.9. The van der Waals surface area contributed by atoms with Gasteiger partial charge in [-0.05, 0) is 29.2 Å². The summed E-state index contributed by atoms with van der Waals surface area (Å²) in [5.74, 6) is 1.80. The van der Waals surface area contributed by atoms with E-state index in [1.807, 2.05) is 6.07 Å². The second-order valence-corrected chi connectivity index (χ2v) is 5.16. The molecule has 0 radical (unpaired) electrons. The third-order valence-electron chi connectivity index (χ3n) is 3.10. The van der Waals surface area contributed by atoms with Gasteiger partial charge in [0, 0.05) is 5.92 Å². The molecule has 17 heavy (non-hydrogen) atoms. The zero-order valence-corrected chi connectivity index (χ0v) is 10.9. The van der Waals surface area contributed by atoms with Gasteiger partial charge < -0.3 is 10.1 Å². The minimum atomic E-state index is 0.0828. The van der Waals surface area contributed by atoms with E-state index in [0.717, 1.165) is 22.4 Å². The minimum Gasteiger partial charge on any atom is -0.392 e. The molecule has 0 spiro atoms. The average molecular weight is 232 g/mol. The zero-order chi connectivity index (χ0) is 12.6. The van der Waals surface area contributed by atoms with Crippen LogP contribution in [0.5, 0.6) is 0 Å². The quantitative estimate of drug-likeness (QED) is 0.853. The van der Waals surface area contributed by atoms with Gasteiger partial charge in [-0.15, -0.1) is 0 Å². The first-order valence-corrected chi connectivity index (χ1v) is 6.16. The van der Waals surface area contributed by atoms with Crippen molar-refractivity contribution in [3.05, 3.63) is 29.1 Å². The van der Waals surface area contributed by atoms with Gasteiger partial charge in [0.05, 0.1) is 17.6 Å². The molecule has 0 aliphatic heterocycles. The maximum Gasteiger partial charge on any atom is 0.109 e. The van der Waals surface area contributed by atoms with Crippen LogP contribution < -0.4 is 0 Å². The highest BCUT2D eigenvalue weighted by Crippen LogP contribution is 2.26. The number of hydrogen-bond acceptors (Lipinski definition) is 2. The molecular weight excluding hydrogens is 212 g/mol. The Kier molecular flexibility index (Phi) is 3.20. The van der Waals surface area contributed by atoms with Crippen molar-refractivity contribution in [2.75, 3.05) is 0 Å². The van der Waals surface area contributed by atoms with Crippen molar-refractivity contribution in [1.29, 1.82) is 0 Å². The molecule has 2 aromatic rings. The Hall–Kier alpha value is -1.35. The summed E-state index contributed by atoms with van der Waals surface area (Å²) in [4.78, 5) is 7.91. The molecule has 3 heteroatoms. The van der Waals surface area contributed by atoms with E-state index in [9.17, 15) is 5.11 Å². The largest absolute Gasteiger partial charge is 0.392 e. The van der Waals surface area contributed by atoms with E-state index in [2.05, 4.69) is 43.7 Å². The number of aromatic nitrogens is 2. The van der Waals surface area contributed by atoms with Crippen LogP contribution >= 0.6 is 0 Å². The number of hydrogen-bond donors (Lipinski definition) is 2. The molecule has 0 amide bonds. The second-order valence-electron chi connectivity index (χ2n) is 5.16. The first-order valence-electron chi connectivity index (χ1n) is 6.16. The maximum absolute atomic E-state index is 9.41. The summed E-state index contributed by atoms with van der Waals surface area (Å²) in [5.41, 5.74) is 4.19. The van der Waals surface area contributed by atoms with Crippen LogP contribution in [0.3, 0.4) is 0 Å². The highest BCUT2D eigenvalue weighted by Gasteiger charge is 2.12. The molecule has 3 nitrogen and oxygen atoms in total. The van der Waals surface area contributed by atoms with Gasteiger partial charge in [0.1, 0.15) is 5.82 Å². The van der Waals surface area contributed by atoms with Crippen molar-refractivity contribution in [2.45, 2.75) is 46.1 Å². The molecule has 0 unspecified atom stereocenters. The van der Waals surface area contributed by atoms with E-state index in [4.69, 9.17) is 0 Å². The average Bonchev–Trinajstić information content (AvgIpc) is 2.69. The number of H-pyrrole nitrogens is 1. The molecule has 0 aliphatic carbocycles. The summed E-state index contributed by atoms with van der Waals surface area (Å²) in [5, 5.41) is 9.41. The van der Waals surface area contributed by atoms with E-state index in [1.165, 1.54) is 5.56 Å². The molecule has 0 bridgehead atoms. The van der Waals surface area contributed by atoms with Gasteiger partial charge in [0.15, 0.2) is 0 Å². The molecule has 2 rings (SSSR count). The van der Waals surface area contributed by atoms with E-state index >= 15 is 0 Å². The lowest BCUT2D eigenvalue weighted by atomic mass is 9.97. The SMILES string of the molecule is CC(C)c1nc2cc(C(C)C)c(CO)cc2[nH]1. The van der Waals surface area contributed by atoms with Crippen molar-refractivity contribution < 1.29 is 5.11 Å². The lowest BCUT2D eigenvalue weighted by Crippen LogP contribution is -1.96. The first kappa shape index (κ1) is 12.1. The number of benzene rings is 1. The number of aromatic amines is 1. The summed E-state index contributed by atoms with van der Waals surface area (Å²) in [6.45, 7) is 8.59. The van der Waals surface area contributed by atoms with Crippen LogP contribution in [0.25, 0.3) is 11.0 Å². The molecule has 2 N–H and O–H groups in total. The smallest absolute Gasteiger partial charge is 0.109 e. The van der Waals surface area contributed by atoms with Crippen LogP contribution in [0.2, 0.25) is 0 Å². The third kappa shape index (κ3) is 2.20. The van der Waals surface area contributed by atoms with Crippen molar-refractivity contribution in [3.8, 4) is 0 Å². The molecule has 0 saturated carbocycles. The van der Waals surface area contributed by atoms with Gasteiger partial charge >= 0.3 is 0 Å². The van der Waals surface area contributed by atoms with E-state index in [0.29, 0.717) is 11.8 Å². The number of rotatable bonds is 3. The predicted octanol–water partition coefficient (Wildman–Crippen LogP) is 3.30. The number of aliphatic hydroxyl groups is 1. The van der Waals surface area contributed by atoms with Crippen molar-refractivity contribution in [1.82, 2.24) is 9.97 Å². The topological polar surface area (TPSA) is 48.9 Å². The van der Waals surface area contributed by atoms with Crippen LogP contribution in [0, 0.1) is 0 Å². The van der Waals surface area contributed by atoms with Crippen molar-refractivity contribution in [2.24, 2.45) is 0 Å². The summed E-state index contributed by atoms with van der Waals surface area (Å²) < 4.78 is 0. The number of nitrogens with zero attached hydrogens (tertiary/aromatic N) is 1. The summed E-state index contributed by atoms with van der Waals surface area (Å²) in [6, 6.07) is 4.11.